The Bertz CT molecular complexity index is 1050. The van der Waals surface area contributed by atoms with E-state index >= 15 is 0 Å². The number of hydrogen-bond acceptors (Lipinski definition) is 4. The van der Waals surface area contributed by atoms with E-state index < -0.39 is 0 Å². The van der Waals surface area contributed by atoms with Gasteiger partial charge in [-0.25, -0.2) is 0 Å². The Morgan fingerprint density at radius 3 is 2.55 bits per heavy atom. The molecule has 4 rings (SSSR count). The molecule has 148 valence electrons. The number of nitrogens with zero attached hydrogens (tertiary/aromatic N) is 1. The Hall–Kier alpha value is -2.63. The summed E-state index contributed by atoms with van der Waals surface area (Å²) in [4.78, 5) is 5.02. The van der Waals surface area contributed by atoms with E-state index in [1.54, 1.807) is 13.2 Å². The monoisotopic (exact) mass is 450 g/mol. The number of phenolic OH excluding ortho intramolecular Hbond substituents is 1. The Morgan fingerprint density at radius 1 is 1.03 bits per heavy atom. The van der Waals surface area contributed by atoms with E-state index in [0.717, 1.165) is 32.6 Å². The minimum atomic E-state index is -0.278. The Morgan fingerprint density at radius 2 is 1.79 bits per heavy atom. The van der Waals surface area contributed by atoms with Gasteiger partial charge in [-0.1, -0.05) is 64.0 Å². The molecule has 0 aliphatic carbocycles. The van der Waals surface area contributed by atoms with Gasteiger partial charge in [-0.15, -0.1) is 0 Å². The molecule has 4 nitrogen and oxygen atoms in total. The lowest BCUT2D eigenvalue weighted by Crippen LogP contribution is -2.33. The molecule has 0 saturated carbocycles. The Labute approximate surface area is 179 Å². The average molecular weight is 451 g/mol. The highest BCUT2D eigenvalue weighted by molar-refractivity contribution is 9.10. The molecule has 1 heterocycles. The SMILES string of the molecule is COc1ccccc1[C@@H]1N=C(c2ccc(C)cc2)C[C@H](c2cc(Br)ccc2O)N1. The summed E-state index contributed by atoms with van der Waals surface area (Å²) in [6.07, 6.45) is 0.401. The molecule has 0 radical (unpaired) electrons. The van der Waals surface area contributed by atoms with Crippen molar-refractivity contribution in [3.8, 4) is 11.5 Å². The third-order valence-corrected chi connectivity index (χ3v) is 5.72. The van der Waals surface area contributed by atoms with Crippen LogP contribution < -0.4 is 10.1 Å². The van der Waals surface area contributed by atoms with Crippen molar-refractivity contribution >= 4 is 21.6 Å². The van der Waals surface area contributed by atoms with E-state index in [2.05, 4.69) is 52.4 Å². The summed E-state index contributed by atoms with van der Waals surface area (Å²) in [6.45, 7) is 2.08. The lowest BCUT2D eigenvalue weighted by Gasteiger charge is -2.31. The number of ether oxygens (including phenoxy) is 1. The molecule has 0 amide bonds. The second kappa shape index (κ2) is 8.39. The number of halogens is 1. The molecule has 3 aromatic rings. The van der Waals surface area contributed by atoms with Gasteiger partial charge in [0, 0.05) is 33.8 Å². The molecule has 0 unspecified atom stereocenters. The molecule has 2 N–H and O–H groups in total. The molecule has 5 heteroatoms. The van der Waals surface area contributed by atoms with Gasteiger partial charge in [-0.05, 0) is 36.8 Å². The van der Waals surface area contributed by atoms with Crippen LogP contribution in [0.15, 0.2) is 76.2 Å². The normalized spacial score (nSPS) is 18.9. The lowest BCUT2D eigenvalue weighted by atomic mass is 9.93. The van der Waals surface area contributed by atoms with Crippen LogP contribution in [0.2, 0.25) is 0 Å². The smallest absolute Gasteiger partial charge is 0.129 e. The lowest BCUT2D eigenvalue weighted by molar-refractivity contribution is 0.381. The summed E-state index contributed by atoms with van der Waals surface area (Å²) in [5.41, 5.74) is 5.13. The highest BCUT2D eigenvalue weighted by Crippen LogP contribution is 2.37. The van der Waals surface area contributed by atoms with E-state index in [0.29, 0.717) is 6.42 Å². The number of phenols is 1. The van der Waals surface area contributed by atoms with Crippen molar-refractivity contribution in [3.05, 3.63) is 93.5 Å². The molecule has 29 heavy (non-hydrogen) atoms. The van der Waals surface area contributed by atoms with Crippen molar-refractivity contribution in [1.29, 1.82) is 0 Å². The van der Waals surface area contributed by atoms with Crippen LogP contribution in [0.5, 0.6) is 11.5 Å². The van der Waals surface area contributed by atoms with Gasteiger partial charge in [0.1, 0.15) is 17.7 Å². The quantitative estimate of drug-likeness (QED) is 0.536. The van der Waals surface area contributed by atoms with Crippen LogP contribution >= 0.6 is 15.9 Å². The van der Waals surface area contributed by atoms with Gasteiger partial charge in [0.2, 0.25) is 0 Å². The van der Waals surface area contributed by atoms with Crippen molar-refractivity contribution in [3.63, 3.8) is 0 Å². The first-order valence-electron chi connectivity index (χ1n) is 9.56. The second-order valence-electron chi connectivity index (χ2n) is 7.21. The van der Waals surface area contributed by atoms with Gasteiger partial charge in [-0.2, -0.15) is 0 Å². The number of nitrogens with one attached hydrogen (secondary N) is 1. The number of methoxy groups -OCH3 is 1. The molecule has 1 aliphatic rings. The maximum Gasteiger partial charge on any atom is 0.129 e. The minimum Gasteiger partial charge on any atom is -0.508 e. The van der Waals surface area contributed by atoms with Crippen molar-refractivity contribution in [2.45, 2.75) is 25.6 Å². The zero-order valence-electron chi connectivity index (χ0n) is 16.4. The van der Waals surface area contributed by atoms with Crippen LogP contribution in [0.1, 0.15) is 40.9 Å². The summed E-state index contributed by atoms with van der Waals surface area (Å²) in [7, 11) is 1.67. The highest BCUT2D eigenvalue weighted by atomic mass is 79.9. The molecule has 0 bridgehead atoms. The maximum atomic E-state index is 10.5. The van der Waals surface area contributed by atoms with Crippen molar-refractivity contribution in [2.24, 2.45) is 4.99 Å². The average Bonchev–Trinajstić information content (AvgIpc) is 2.75. The summed E-state index contributed by atoms with van der Waals surface area (Å²) < 4.78 is 6.50. The second-order valence-corrected chi connectivity index (χ2v) is 8.13. The number of hydrogen-bond donors (Lipinski definition) is 2. The van der Waals surface area contributed by atoms with Crippen LogP contribution in [0.25, 0.3) is 0 Å². The summed E-state index contributed by atoms with van der Waals surface area (Å²) in [5, 5.41) is 14.1. The number of aromatic hydroxyl groups is 1. The molecule has 1 aliphatic heterocycles. The van der Waals surface area contributed by atoms with E-state index in [1.165, 1.54) is 5.56 Å². The molecule has 0 aromatic heterocycles. The van der Waals surface area contributed by atoms with Crippen LogP contribution in [-0.4, -0.2) is 17.9 Å². The van der Waals surface area contributed by atoms with Gasteiger partial charge in [0.05, 0.1) is 7.11 Å². The number of benzene rings is 3. The maximum absolute atomic E-state index is 10.5. The van der Waals surface area contributed by atoms with Gasteiger partial charge in [0.25, 0.3) is 0 Å². The zero-order valence-corrected chi connectivity index (χ0v) is 18.0. The van der Waals surface area contributed by atoms with Crippen LogP contribution in [0.3, 0.4) is 0 Å². The van der Waals surface area contributed by atoms with Crippen molar-refractivity contribution in [1.82, 2.24) is 5.32 Å². The topological polar surface area (TPSA) is 53.9 Å². The molecule has 3 aromatic carbocycles. The Balaban J connectivity index is 1.80. The first kappa shape index (κ1) is 19.7. The van der Waals surface area contributed by atoms with Gasteiger partial charge >= 0.3 is 0 Å². The van der Waals surface area contributed by atoms with Crippen molar-refractivity contribution < 1.29 is 9.84 Å². The fourth-order valence-corrected chi connectivity index (χ4v) is 4.06. The zero-order chi connectivity index (χ0) is 20.4. The molecular weight excluding hydrogens is 428 g/mol. The van der Waals surface area contributed by atoms with E-state index in [1.807, 2.05) is 36.4 Å². The largest absolute Gasteiger partial charge is 0.508 e. The first-order chi connectivity index (χ1) is 14.0. The summed E-state index contributed by atoms with van der Waals surface area (Å²) >= 11 is 3.52. The molecule has 2 atom stereocenters. The van der Waals surface area contributed by atoms with Crippen LogP contribution in [0, 0.1) is 6.92 Å². The fourth-order valence-electron chi connectivity index (χ4n) is 3.68. The third-order valence-electron chi connectivity index (χ3n) is 5.22. The molecule has 0 fully saturated rings. The van der Waals surface area contributed by atoms with E-state index in [-0.39, 0.29) is 18.0 Å². The standard InChI is InChI=1S/C24H23BrN2O2/c1-15-7-9-16(10-8-15)20-14-21(19-13-17(25)11-12-22(19)28)27-24(26-20)18-5-3-4-6-23(18)29-2/h3-13,21,24,27-28H,14H2,1-2H3/t21-,24-/m1/s1. The predicted molar refractivity (Wildman–Crippen MR) is 120 cm³/mol. The number of aryl methyl sites for hydroxylation is 1. The molecule has 0 spiro atoms. The fraction of sp³-hybridized carbons (Fsp3) is 0.208. The van der Waals surface area contributed by atoms with Gasteiger partial charge in [-0.3, -0.25) is 10.3 Å². The summed E-state index contributed by atoms with van der Waals surface area (Å²) in [5.74, 6) is 1.06. The highest BCUT2D eigenvalue weighted by Gasteiger charge is 2.29. The van der Waals surface area contributed by atoms with Gasteiger partial charge < -0.3 is 9.84 Å². The van der Waals surface area contributed by atoms with Crippen molar-refractivity contribution in [2.75, 3.05) is 7.11 Å². The summed E-state index contributed by atoms with van der Waals surface area (Å²) in [6, 6.07) is 21.8. The van der Waals surface area contributed by atoms with Crippen LogP contribution in [0.4, 0.5) is 0 Å². The Kier molecular flexibility index (Phi) is 5.69. The number of para-hydroxylation sites is 1. The van der Waals surface area contributed by atoms with E-state index in [9.17, 15) is 5.11 Å². The predicted octanol–water partition coefficient (Wildman–Crippen LogP) is 5.69. The minimum absolute atomic E-state index is 0.0868. The third kappa shape index (κ3) is 4.21. The van der Waals surface area contributed by atoms with E-state index in [4.69, 9.17) is 9.73 Å². The molecule has 0 saturated heterocycles. The molecular formula is C24H23BrN2O2. The van der Waals surface area contributed by atoms with Gasteiger partial charge in [0.15, 0.2) is 0 Å². The number of rotatable bonds is 4. The number of aliphatic imine (C=N–C) groups is 1. The van der Waals surface area contributed by atoms with Crippen LogP contribution in [-0.2, 0) is 0 Å². The first-order valence-corrected chi connectivity index (χ1v) is 10.4.